The van der Waals surface area contributed by atoms with Crippen molar-refractivity contribution in [2.45, 2.75) is 4.90 Å². The van der Waals surface area contributed by atoms with Gasteiger partial charge in [0.15, 0.2) is 0 Å². The van der Waals surface area contributed by atoms with Gasteiger partial charge in [0.2, 0.25) is 0 Å². The number of anilines is 2. The molecule has 3 aromatic rings. The Balaban J connectivity index is 1.88. The third kappa shape index (κ3) is 4.77. The molecule has 1 heterocycles. The van der Waals surface area contributed by atoms with E-state index in [1.165, 1.54) is 42.7 Å². The standard InChI is InChI=1S/C18H13Cl2N3O3S/c19-13-2-4-15(5-3-13)23-27(25,26)17-11-12(1-6-16(17)20)18(24)22-14-7-9-21-10-8-14/h1-11,23H,(H,21,22,24). The average Bonchev–Trinajstić information content (AvgIpc) is 2.64. The molecule has 0 spiro atoms. The van der Waals surface area contributed by atoms with Crippen LogP contribution < -0.4 is 10.0 Å². The lowest BCUT2D eigenvalue weighted by Crippen LogP contribution is -2.16. The van der Waals surface area contributed by atoms with Crippen LogP contribution in [0.1, 0.15) is 10.4 Å². The molecule has 1 amide bonds. The van der Waals surface area contributed by atoms with Gasteiger partial charge in [-0.05, 0) is 54.6 Å². The van der Waals surface area contributed by atoms with Crippen LogP contribution in [0.5, 0.6) is 0 Å². The highest BCUT2D eigenvalue weighted by atomic mass is 35.5. The zero-order valence-electron chi connectivity index (χ0n) is 13.7. The lowest BCUT2D eigenvalue weighted by atomic mass is 10.2. The highest BCUT2D eigenvalue weighted by molar-refractivity contribution is 7.92. The van der Waals surface area contributed by atoms with Gasteiger partial charge in [-0.3, -0.25) is 14.5 Å². The molecule has 0 radical (unpaired) electrons. The number of nitrogens with zero attached hydrogens (tertiary/aromatic N) is 1. The number of halogens is 2. The summed E-state index contributed by atoms with van der Waals surface area (Å²) >= 11 is 11.9. The summed E-state index contributed by atoms with van der Waals surface area (Å²) in [5.41, 5.74) is 1.00. The molecular formula is C18H13Cl2N3O3S. The third-order valence-corrected chi connectivity index (χ3v) is 5.63. The highest BCUT2D eigenvalue weighted by Crippen LogP contribution is 2.26. The Labute approximate surface area is 166 Å². The van der Waals surface area contributed by atoms with Crippen molar-refractivity contribution in [2.24, 2.45) is 0 Å². The van der Waals surface area contributed by atoms with Gasteiger partial charge in [-0.25, -0.2) is 8.42 Å². The summed E-state index contributed by atoms with van der Waals surface area (Å²) in [7, 11) is -4.00. The number of hydrogen-bond donors (Lipinski definition) is 2. The molecule has 0 saturated carbocycles. The maximum Gasteiger partial charge on any atom is 0.263 e. The minimum Gasteiger partial charge on any atom is -0.322 e. The summed E-state index contributed by atoms with van der Waals surface area (Å²) in [6, 6.07) is 13.4. The molecule has 2 aromatic carbocycles. The second-order valence-corrected chi connectivity index (χ2v) is 7.94. The van der Waals surface area contributed by atoms with Crippen LogP contribution in [0.4, 0.5) is 11.4 Å². The summed E-state index contributed by atoms with van der Waals surface area (Å²) in [5, 5.41) is 3.14. The summed E-state index contributed by atoms with van der Waals surface area (Å²) < 4.78 is 27.8. The lowest BCUT2D eigenvalue weighted by Gasteiger charge is -2.11. The van der Waals surface area contributed by atoms with Crippen LogP contribution >= 0.6 is 23.2 Å². The largest absolute Gasteiger partial charge is 0.322 e. The smallest absolute Gasteiger partial charge is 0.263 e. The van der Waals surface area contributed by atoms with Crippen molar-refractivity contribution in [3.63, 3.8) is 0 Å². The Kier molecular flexibility index (Phi) is 5.65. The van der Waals surface area contributed by atoms with E-state index in [4.69, 9.17) is 23.2 Å². The van der Waals surface area contributed by atoms with E-state index >= 15 is 0 Å². The van der Waals surface area contributed by atoms with Gasteiger partial charge >= 0.3 is 0 Å². The van der Waals surface area contributed by atoms with E-state index in [1.807, 2.05) is 0 Å². The first kappa shape index (κ1) is 19.2. The normalized spacial score (nSPS) is 11.0. The predicted molar refractivity (Wildman–Crippen MR) is 106 cm³/mol. The van der Waals surface area contributed by atoms with E-state index < -0.39 is 15.9 Å². The Hall–Kier alpha value is -2.61. The first-order valence-corrected chi connectivity index (χ1v) is 9.88. The molecule has 9 heteroatoms. The Morgan fingerprint density at radius 1 is 0.889 bits per heavy atom. The second-order valence-electron chi connectivity index (χ2n) is 5.45. The summed E-state index contributed by atoms with van der Waals surface area (Å²) in [5.74, 6) is -0.471. The van der Waals surface area contributed by atoms with Crippen LogP contribution in [0, 0.1) is 0 Å². The fourth-order valence-corrected chi connectivity index (χ4v) is 3.93. The monoisotopic (exact) mass is 421 g/mol. The van der Waals surface area contributed by atoms with Gasteiger partial charge in [-0.2, -0.15) is 0 Å². The number of hydrogen-bond acceptors (Lipinski definition) is 4. The molecule has 0 bridgehead atoms. The molecule has 0 unspecified atom stereocenters. The third-order valence-electron chi connectivity index (χ3n) is 3.52. The number of amides is 1. The predicted octanol–water partition coefficient (Wildman–Crippen LogP) is 4.44. The minimum atomic E-state index is -4.00. The molecule has 3 rings (SSSR count). The van der Waals surface area contributed by atoms with Gasteiger partial charge in [-0.15, -0.1) is 0 Å². The SMILES string of the molecule is O=C(Nc1ccncc1)c1ccc(Cl)c(S(=O)(=O)Nc2ccc(Cl)cc2)c1. The van der Waals surface area contributed by atoms with Crippen LogP contribution in [0.2, 0.25) is 10.0 Å². The number of benzene rings is 2. The number of carbonyl (C=O) groups excluding carboxylic acids is 1. The Morgan fingerprint density at radius 3 is 2.22 bits per heavy atom. The van der Waals surface area contributed by atoms with Crippen molar-refractivity contribution in [3.05, 3.63) is 82.6 Å². The number of aromatic nitrogens is 1. The van der Waals surface area contributed by atoms with Crippen LogP contribution in [-0.4, -0.2) is 19.3 Å². The molecule has 2 N–H and O–H groups in total. The molecule has 0 aliphatic rings. The van der Waals surface area contributed by atoms with Crippen molar-refractivity contribution < 1.29 is 13.2 Å². The van der Waals surface area contributed by atoms with Crippen LogP contribution in [0.3, 0.4) is 0 Å². The molecule has 0 fully saturated rings. The summed E-state index contributed by atoms with van der Waals surface area (Å²) in [6.07, 6.45) is 3.06. The van der Waals surface area contributed by atoms with Gasteiger partial charge in [0.25, 0.3) is 15.9 Å². The van der Waals surface area contributed by atoms with Gasteiger partial charge in [0.1, 0.15) is 4.90 Å². The molecule has 0 saturated heterocycles. The summed E-state index contributed by atoms with van der Waals surface area (Å²) in [4.78, 5) is 16.1. The zero-order valence-corrected chi connectivity index (χ0v) is 16.0. The molecule has 6 nitrogen and oxygen atoms in total. The molecule has 27 heavy (non-hydrogen) atoms. The number of nitrogens with one attached hydrogen (secondary N) is 2. The molecular weight excluding hydrogens is 409 g/mol. The molecule has 138 valence electrons. The zero-order chi connectivity index (χ0) is 19.4. The topological polar surface area (TPSA) is 88.2 Å². The van der Waals surface area contributed by atoms with Crippen molar-refractivity contribution in [2.75, 3.05) is 10.0 Å². The molecule has 0 aliphatic carbocycles. The van der Waals surface area contributed by atoms with Crippen LogP contribution in [0.25, 0.3) is 0 Å². The first-order valence-electron chi connectivity index (χ1n) is 7.64. The fourth-order valence-electron chi connectivity index (χ4n) is 2.22. The van der Waals surface area contributed by atoms with E-state index in [2.05, 4.69) is 15.0 Å². The highest BCUT2D eigenvalue weighted by Gasteiger charge is 2.20. The quantitative estimate of drug-likeness (QED) is 0.636. The molecule has 1 aromatic heterocycles. The Morgan fingerprint density at radius 2 is 1.56 bits per heavy atom. The van der Waals surface area contributed by atoms with E-state index in [0.717, 1.165) is 0 Å². The van der Waals surface area contributed by atoms with E-state index in [1.54, 1.807) is 24.3 Å². The van der Waals surface area contributed by atoms with Crippen LogP contribution in [-0.2, 0) is 10.0 Å². The van der Waals surface area contributed by atoms with Crippen LogP contribution in [0.15, 0.2) is 71.9 Å². The molecule has 0 atom stereocenters. The van der Waals surface area contributed by atoms with Crippen molar-refractivity contribution >= 4 is 50.5 Å². The van der Waals surface area contributed by atoms with Crippen molar-refractivity contribution in [3.8, 4) is 0 Å². The van der Waals surface area contributed by atoms with Crippen molar-refractivity contribution in [1.82, 2.24) is 4.98 Å². The lowest BCUT2D eigenvalue weighted by molar-refractivity contribution is 0.102. The minimum absolute atomic E-state index is 0.00285. The maximum absolute atomic E-state index is 12.7. The molecule has 0 aliphatic heterocycles. The van der Waals surface area contributed by atoms with E-state index in [0.29, 0.717) is 16.4 Å². The maximum atomic E-state index is 12.7. The Bertz CT molecular complexity index is 1070. The van der Waals surface area contributed by atoms with Gasteiger partial charge < -0.3 is 5.32 Å². The van der Waals surface area contributed by atoms with Gasteiger partial charge in [0.05, 0.1) is 5.02 Å². The number of sulfonamides is 1. The summed E-state index contributed by atoms with van der Waals surface area (Å²) in [6.45, 7) is 0. The van der Waals surface area contributed by atoms with E-state index in [9.17, 15) is 13.2 Å². The number of pyridine rings is 1. The van der Waals surface area contributed by atoms with Gasteiger partial charge in [0, 0.05) is 34.4 Å². The van der Waals surface area contributed by atoms with Crippen molar-refractivity contribution in [1.29, 1.82) is 0 Å². The number of carbonyl (C=O) groups is 1. The van der Waals surface area contributed by atoms with E-state index in [-0.39, 0.29) is 15.5 Å². The fraction of sp³-hybridized carbons (Fsp3) is 0. The average molecular weight is 422 g/mol. The number of rotatable bonds is 5. The first-order chi connectivity index (χ1) is 12.8. The second kappa shape index (κ2) is 7.96. The van der Waals surface area contributed by atoms with Gasteiger partial charge in [-0.1, -0.05) is 23.2 Å².